The summed E-state index contributed by atoms with van der Waals surface area (Å²) in [6, 6.07) is 17.7. The van der Waals surface area contributed by atoms with Gasteiger partial charge in [-0.15, -0.1) is 0 Å². The van der Waals surface area contributed by atoms with Crippen molar-refractivity contribution >= 4 is 58.0 Å². The molecule has 1 aromatic heterocycles. The lowest BCUT2D eigenvalue weighted by atomic mass is 10.2. The quantitative estimate of drug-likeness (QED) is 0.302. The lowest BCUT2D eigenvalue weighted by Gasteiger charge is -2.00. The predicted molar refractivity (Wildman–Crippen MR) is 118 cm³/mol. The van der Waals surface area contributed by atoms with Gasteiger partial charge in [0, 0.05) is 11.1 Å². The Hall–Kier alpha value is -2.86. The molecule has 1 heterocycles. The summed E-state index contributed by atoms with van der Waals surface area (Å²) in [6.45, 7) is 0. The third kappa shape index (κ3) is 4.27. The number of aromatic nitrogens is 2. The summed E-state index contributed by atoms with van der Waals surface area (Å²) >= 11 is 18.1. The van der Waals surface area contributed by atoms with Crippen LogP contribution in [-0.2, 0) is 0 Å². The molecule has 0 unspecified atom stereocenters. The molecule has 2 N–H and O–H groups in total. The third-order valence-electron chi connectivity index (χ3n) is 4.20. The van der Waals surface area contributed by atoms with Gasteiger partial charge in [-0.05, 0) is 48.0 Å². The van der Waals surface area contributed by atoms with Crippen molar-refractivity contribution in [3.05, 3.63) is 86.9 Å². The van der Waals surface area contributed by atoms with Crippen molar-refractivity contribution < 1.29 is 4.79 Å². The Labute approximate surface area is 181 Å². The van der Waals surface area contributed by atoms with Crippen molar-refractivity contribution in [1.29, 1.82) is 0 Å². The molecule has 1 amide bonds. The van der Waals surface area contributed by atoms with E-state index < -0.39 is 0 Å². The maximum atomic E-state index is 12.4. The van der Waals surface area contributed by atoms with E-state index >= 15 is 0 Å². The number of amides is 1. The summed E-state index contributed by atoms with van der Waals surface area (Å²) in [6.07, 6.45) is 1.49. The number of imidazole rings is 1. The molecule has 4 rings (SSSR count). The van der Waals surface area contributed by atoms with E-state index in [1.54, 1.807) is 42.5 Å². The van der Waals surface area contributed by atoms with Crippen LogP contribution in [0.25, 0.3) is 22.4 Å². The molecule has 4 aromatic rings. The monoisotopic (exact) mass is 442 g/mol. The van der Waals surface area contributed by atoms with Crippen molar-refractivity contribution in [3.63, 3.8) is 0 Å². The van der Waals surface area contributed by atoms with E-state index in [0.717, 1.165) is 16.6 Å². The molecule has 8 heteroatoms. The molecule has 29 heavy (non-hydrogen) atoms. The Morgan fingerprint density at radius 2 is 1.79 bits per heavy atom. The first-order valence-corrected chi connectivity index (χ1v) is 9.68. The van der Waals surface area contributed by atoms with E-state index in [1.165, 1.54) is 6.21 Å². The minimum atomic E-state index is -0.350. The van der Waals surface area contributed by atoms with Gasteiger partial charge in [-0.1, -0.05) is 53.0 Å². The lowest BCUT2D eigenvalue weighted by molar-refractivity contribution is 0.0955. The number of hydrogen-bond acceptors (Lipinski definition) is 3. The van der Waals surface area contributed by atoms with Crippen LogP contribution in [0, 0.1) is 0 Å². The number of nitrogens with zero attached hydrogens (tertiary/aromatic N) is 2. The number of hydrogen-bond donors (Lipinski definition) is 2. The Kier molecular flexibility index (Phi) is 5.53. The van der Waals surface area contributed by atoms with Gasteiger partial charge in [0.1, 0.15) is 5.82 Å². The van der Waals surface area contributed by atoms with Gasteiger partial charge in [-0.25, -0.2) is 10.4 Å². The van der Waals surface area contributed by atoms with Gasteiger partial charge in [-0.2, -0.15) is 5.10 Å². The van der Waals surface area contributed by atoms with E-state index in [2.05, 4.69) is 20.5 Å². The van der Waals surface area contributed by atoms with Gasteiger partial charge < -0.3 is 4.98 Å². The topological polar surface area (TPSA) is 70.1 Å². The molecule has 0 atom stereocenters. The molecular formula is C21H13Cl3N4O. The van der Waals surface area contributed by atoms with E-state index in [9.17, 15) is 4.79 Å². The van der Waals surface area contributed by atoms with Crippen LogP contribution in [0.4, 0.5) is 0 Å². The van der Waals surface area contributed by atoms with Gasteiger partial charge in [0.2, 0.25) is 0 Å². The normalized spacial score (nSPS) is 11.3. The van der Waals surface area contributed by atoms with Crippen LogP contribution in [0.15, 0.2) is 65.8 Å². The van der Waals surface area contributed by atoms with Gasteiger partial charge in [-0.3, -0.25) is 4.79 Å². The average Bonchev–Trinajstić information content (AvgIpc) is 3.14. The fraction of sp³-hybridized carbons (Fsp3) is 0. The van der Waals surface area contributed by atoms with Crippen LogP contribution >= 0.6 is 34.8 Å². The maximum Gasteiger partial charge on any atom is 0.271 e. The highest BCUT2D eigenvalue weighted by Gasteiger charge is 2.11. The molecule has 0 bridgehead atoms. The first-order valence-electron chi connectivity index (χ1n) is 8.54. The van der Waals surface area contributed by atoms with Gasteiger partial charge in [0.05, 0.1) is 32.3 Å². The zero-order valence-corrected chi connectivity index (χ0v) is 17.1. The minimum Gasteiger partial charge on any atom is -0.338 e. The van der Waals surface area contributed by atoms with Gasteiger partial charge >= 0.3 is 0 Å². The van der Waals surface area contributed by atoms with E-state index in [4.69, 9.17) is 34.8 Å². The first kappa shape index (κ1) is 19.5. The molecule has 0 saturated heterocycles. The van der Waals surface area contributed by atoms with Crippen molar-refractivity contribution in [2.45, 2.75) is 0 Å². The SMILES string of the molecule is O=C(N/N=C/c1ccc(Cl)c(Cl)c1)c1ccc2nc(-c3ccccc3Cl)[nH]c2c1. The molecule has 144 valence electrons. The van der Waals surface area contributed by atoms with Crippen LogP contribution in [0.2, 0.25) is 15.1 Å². The first-order chi connectivity index (χ1) is 14.0. The molecular weight excluding hydrogens is 431 g/mol. The Bertz CT molecular complexity index is 1250. The molecule has 0 aliphatic heterocycles. The zero-order valence-electron chi connectivity index (χ0n) is 14.8. The highest BCUT2D eigenvalue weighted by atomic mass is 35.5. The summed E-state index contributed by atoms with van der Waals surface area (Å²) in [5.41, 5.74) is 5.90. The highest BCUT2D eigenvalue weighted by molar-refractivity contribution is 6.42. The standard InChI is InChI=1S/C21H13Cl3N4O/c22-15-4-2-1-3-14(15)20-26-18-8-6-13(10-19(18)27-20)21(29)28-25-11-12-5-7-16(23)17(24)9-12/h1-11H,(H,26,27)(H,28,29)/b25-11+. The third-order valence-corrected chi connectivity index (χ3v) is 5.27. The van der Waals surface area contributed by atoms with Crippen LogP contribution in [0.5, 0.6) is 0 Å². The van der Waals surface area contributed by atoms with Crippen LogP contribution in [0.1, 0.15) is 15.9 Å². The summed E-state index contributed by atoms with van der Waals surface area (Å²) in [5, 5.41) is 5.43. The second kappa shape index (κ2) is 8.25. The van der Waals surface area contributed by atoms with Crippen molar-refractivity contribution in [2.75, 3.05) is 0 Å². The molecule has 3 aromatic carbocycles. The predicted octanol–water partition coefficient (Wildman–Crippen LogP) is 5.95. The van der Waals surface area contributed by atoms with Crippen LogP contribution in [0.3, 0.4) is 0 Å². The number of fused-ring (bicyclic) bond motifs is 1. The van der Waals surface area contributed by atoms with Crippen LogP contribution in [-0.4, -0.2) is 22.1 Å². The van der Waals surface area contributed by atoms with Gasteiger partial charge in [0.15, 0.2) is 0 Å². The number of benzene rings is 3. The molecule has 0 spiro atoms. The summed E-state index contributed by atoms with van der Waals surface area (Å²) in [7, 11) is 0. The summed E-state index contributed by atoms with van der Waals surface area (Å²) in [4.78, 5) is 20.1. The number of H-pyrrole nitrogens is 1. The van der Waals surface area contributed by atoms with E-state index in [1.807, 2.05) is 18.2 Å². The lowest BCUT2D eigenvalue weighted by Crippen LogP contribution is -2.17. The molecule has 5 nitrogen and oxygen atoms in total. The number of carbonyl (C=O) groups is 1. The number of carbonyl (C=O) groups excluding carboxylic acids is 1. The highest BCUT2D eigenvalue weighted by Crippen LogP contribution is 2.27. The number of nitrogens with one attached hydrogen (secondary N) is 2. The number of rotatable bonds is 4. The van der Waals surface area contributed by atoms with Crippen LogP contribution < -0.4 is 5.43 Å². The Balaban J connectivity index is 1.53. The zero-order chi connectivity index (χ0) is 20.4. The largest absolute Gasteiger partial charge is 0.338 e. The maximum absolute atomic E-state index is 12.4. The minimum absolute atomic E-state index is 0.350. The molecule has 0 radical (unpaired) electrons. The van der Waals surface area contributed by atoms with Crippen molar-refractivity contribution in [3.8, 4) is 11.4 Å². The summed E-state index contributed by atoms with van der Waals surface area (Å²) in [5.74, 6) is 0.290. The number of aromatic amines is 1. The van der Waals surface area contributed by atoms with Crippen molar-refractivity contribution in [2.24, 2.45) is 5.10 Å². The van der Waals surface area contributed by atoms with Gasteiger partial charge in [0.25, 0.3) is 5.91 Å². The fourth-order valence-electron chi connectivity index (χ4n) is 2.75. The second-order valence-corrected chi connectivity index (χ2v) is 7.39. The second-order valence-electron chi connectivity index (χ2n) is 6.17. The average molecular weight is 444 g/mol. The van der Waals surface area contributed by atoms with Crippen molar-refractivity contribution in [1.82, 2.24) is 15.4 Å². The number of hydrazone groups is 1. The fourth-order valence-corrected chi connectivity index (χ4v) is 3.29. The molecule has 0 fully saturated rings. The molecule has 0 aliphatic carbocycles. The smallest absolute Gasteiger partial charge is 0.271 e. The molecule has 0 aliphatic rings. The number of halogens is 3. The Morgan fingerprint density at radius 3 is 2.59 bits per heavy atom. The molecule has 0 saturated carbocycles. The van der Waals surface area contributed by atoms with E-state index in [0.29, 0.717) is 32.0 Å². The van der Waals surface area contributed by atoms with E-state index in [-0.39, 0.29) is 5.91 Å². The summed E-state index contributed by atoms with van der Waals surface area (Å²) < 4.78 is 0. The Morgan fingerprint density at radius 1 is 0.966 bits per heavy atom.